The second-order valence-corrected chi connectivity index (χ2v) is 5.31. The van der Waals surface area contributed by atoms with Crippen LogP contribution in [-0.2, 0) is 6.42 Å². The highest BCUT2D eigenvalue weighted by Crippen LogP contribution is 2.07. The zero-order valence-corrected chi connectivity index (χ0v) is 15.7. The molecule has 1 atom stereocenters. The molecule has 1 rings (SSSR count). The van der Waals surface area contributed by atoms with Crippen molar-refractivity contribution in [2.24, 2.45) is 10.7 Å². The van der Waals surface area contributed by atoms with Crippen LogP contribution in [0.5, 0.6) is 0 Å². The van der Waals surface area contributed by atoms with E-state index in [-0.39, 0.29) is 24.0 Å². The molecule has 120 valence electrons. The number of hydrogen-bond acceptors (Lipinski definition) is 2. The lowest BCUT2D eigenvalue weighted by Crippen LogP contribution is -2.37. The van der Waals surface area contributed by atoms with Gasteiger partial charge in [0.2, 0.25) is 0 Å². The van der Waals surface area contributed by atoms with Crippen molar-refractivity contribution in [3.05, 3.63) is 35.9 Å². The van der Waals surface area contributed by atoms with E-state index < -0.39 is 0 Å². The van der Waals surface area contributed by atoms with Crippen molar-refractivity contribution in [3.8, 4) is 0 Å². The molecule has 0 aliphatic carbocycles. The Morgan fingerprint density at radius 1 is 1.29 bits per heavy atom. The van der Waals surface area contributed by atoms with E-state index in [0.29, 0.717) is 18.5 Å². The van der Waals surface area contributed by atoms with Gasteiger partial charge in [0.1, 0.15) is 0 Å². The number of nitrogens with zero attached hydrogens (tertiary/aromatic N) is 2. The van der Waals surface area contributed by atoms with Gasteiger partial charge in [-0.25, -0.2) is 0 Å². The predicted molar refractivity (Wildman–Crippen MR) is 102 cm³/mol. The standard InChI is InChI=1S/C16H28N4.HI/c1-4-5-11-18-16(17)19-13-15(20(2)3)12-14-9-7-6-8-10-14;/h6-10,15H,4-5,11-13H2,1-3H3,(H3,17,18,19);1H. The highest BCUT2D eigenvalue weighted by molar-refractivity contribution is 14.0. The molecular formula is C16H29IN4. The highest BCUT2D eigenvalue weighted by Gasteiger charge is 2.11. The Morgan fingerprint density at radius 2 is 1.95 bits per heavy atom. The molecular weight excluding hydrogens is 375 g/mol. The van der Waals surface area contributed by atoms with E-state index in [9.17, 15) is 0 Å². The smallest absolute Gasteiger partial charge is 0.188 e. The molecule has 1 aromatic carbocycles. The van der Waals surface area contributed by atoms with E-state index >= 15 is 0 Å². The van der Waals surface area contributed by atoms with Gasteiger partial charge in [0.25, 0.3) is 0 Å². The molecule has 0 fully saturated rings. The normalized spacial score (nSPS) is 12.9. The van der Waals surface area contributed by atoms with Crippen LogP contribution in [0, 0.1) is 0 Å². The van der Waals surface area contributed by atoms with E-state index in [0.717, 1.165) is 25.8 Å². The maximum Gasteiger partial charge on any atom is 0.188 e. The minimum Gasteiger partial charge on any atom is -0.370 e. The summed E-state index contributed by atoms with van der Waals surface area (Å²) < 4.78 is 0. The highest BCUT2D eigenvalue weighted by atomic mass is 127. The average molecular weight is 404 g/mol. The van der Waals surface area contributed by atoms with Crippen LogP contribution in [-0.4, -0.2) is 44.1 Å². The lowest BCUT2D eigenvalue weighted by molar-refractivity contribution is 0.298. The van der Waals surface area contributed by atoms with E-state index in [1.165, 1.54) is 5.56 Å². The first kappa shape index (κ1) is 20.2. The largest absolute Gasteiger partial charge is 0.370 e. The number of nitrogens with two attached hydrogens (primary N) is 1. The zero-order chi connectivity index (χ0) is 14.8. The molecule has 0 amide bonds. The van der Waals surface area contributed by atoms with Gasteiger partial charge in [-0.3, -0.25) is 4.99 Å². The number of likely N-dealkylation sites (N-methyl/N-ethyl adjacent to an activating group) is 1. The Bertz CT molecular complexity index is 393. The van der Waals surface area contributed by atoms with Gasteiger partial charge in [-0.05, 0) is 32.5 Å². The summed E-state index contributed by atoms with van der Waals surface area (Å²) in [5, 5.41) is 3.15. The molecule has 3 N–H and O–H groups in total. The number of aliphatic imine (C=N–C) groups is 1. The average Bonchev–Trinajstić information content (AvgIpc) is 2.44. The molecule has 21 heavy (non-hydrogen) atoms. The monoisotopic (exact) mass is 404 g/mol. The first-order chi connectivity index (χ1) is 9.63. The zero-order valence-electron chi connectivity index (χ0n) is 13.4. The van der Waals surface area contributed by atoms with Crippen molar-refractivity contribution in [2.45, 2.75) is 32.2 Å². The summed E-state index contributed by atoms with van der Waals surface area (Å²) in [6.45, 7) is 3.78. The lowest BCUT2D eigenvalue weighted by Gasteiger charge is -2.23. The van der Waals surface area contributed by atoms with Gasteiger partial charge in [-0.2, -0.15) is 0 Å². The van der Waals surface area contributed by atoms with E-state index in [1.54, 1.807) is 0 Å². The topological polar surface area (TPSA) is 53.6 Å². The van der Waals surface area contributed by atoms with E-state index in [2.05, 4.69) is 60.5 Å². The molecule has 1 unspecified atom stereocenters. The van der Waals surface area contributed by atoms with Crippen LogP contribution in [0.25, 0.3) is 0 Å². The van der Waals surface area contributed by atoms with Crippen LogP contribution in [0.2, 0.25) is 0 Å². The van der Waals surface area contributed by atoms with Crippen molar-refractivity contribution in [1.29, 1.82) is 0 Å². The minimum absolute atomic E-state index is 0. The van der Waals surface area contributed by atoms with Crippen LogP contribution in [0.4, 0.5) is 0 Å². The van der Waals surface area contributed by atoms with Crippen molar-refractivity contribution >= 4 is 29.9 Å². The van der Waals surface area contributed by atoms with E-state index in [1.807, 2.05) is 6.07 Å². The molecule has 0 heterocycles. The van der Waals surface area contributed by atoms with Gasteiger partial charge >= 0.3 is 0 Å². The molecule has 0 radical (unpaired) electrons. The second-order valence-electron chi connectivity index (χ2n) is 5.31. The number of halogens is 1. The third-order valence-corrected chi connectivity index (χ3v) is 3.35. The van der Waals surface area contributed by atoms with Gasteiger partial charge in [-0.1, -0.05) is 43.7 Å². The minimum atomic E-state index is 0. The summed E-state index contributed by atoms with van der Waals surface area (Å²) in [5.74, 6) is 0.554. The van der Waals surface area contributed by atoms with Gasteiger partial charge < -0.3 is 16.0 Å². The van der Waals surface area contributed by atoms with Crippen molar-refractivity contribution in [1.82, 2.24) is 10.2 Å². The van der Waals surface area contributed by atoms with Crippen LogP contribution in [0.15, 0.2) is 35.3 Å². The summed E-state index contributed by atoms with van der Waals surface area (Å²) in [7, 11) is 4.17. The fourth-order valence-corrected chi connectivity index (χ4v) is 1.95. The summed E-state index contributed by atoms with van der Waals surface area (Å²) in [6.07, 6.45) is 3.27. The Labute approximate surface area is 146 Å². The third kappa shape index (κ3) is 8.93. The molecule has 0 aromatic heterocycles. The summed E-state index contributed by atoms with van der Waals surface area (Å²) in [4.78, 5) is 6.66. The Balaban J connectivity index is 0.00000400. The summed E-state index contributed by atoms with van der Waals surface area (Å²) in [6, 6.07) is 10.9. The quantitative estimate of drug-likeness (QED) is 0.303. The number of benzene rings is 1. The number of guanidine groups is 1. The number of rotatable bonds is 8. The molecule has 1 aromatic rings. The molecule has 0 bridgehead atoms. The van der Waals surface area contributed by atoms with Crippen molar-refractivity contribution in [2.75, 3.05) is 27.2 Å². The van der Waals surface area contributed by atoms with Crippen molar-refractivity contribution < 1.29 is 0 Å². The van der Waals surface area contributed by atoms with Crippen LogP contribution < -0.4 is 11.1 Å². The SMILES string of the molecule is CCCCNC(N)=NCC(Cc1ccccc1)N(C)C.I. The van der Waals surface area contributed by atoms with Gasteiger partial charge in [0, 0.05) is 12.6 Å². The second kappa shape index (κ2) is 11.8. The molecule has 4 nitrogen and oxygen atoms in total. The maximum atomic E-state index is 5.88. The number of hydrogen-bond donors (Lipinski definition) is 2. The molecule has 5 heteroatoms. The summed E-state index contributed by atoms with van der Waals surface area (Å²) in [5.41, 5.74) is 7.21. The van der Waals surface area contributed by atoms with Gasteiger partial charge in [0.15, 0.2) is 5.96 Å². The molecule has 0 aliphatic rings. The number of unbranched alkanes of at least 4 members (excludes halogenated alkanes) is 1. The lowest BCUT2D eigenvalue weighted by atomic mass is 10.1. The van der Waals surface area contributed by atoms with Gasteiger partial charge in [-0.15, -0.1) is 24.0 Å². The van der Waals surface area contributed by atoms with Crippen molar-refractivity contribution in [3.63, 3.8) is 0 Å². The first-order valence-corrected chi connectivity index (χ1v) is 7.37. The number of nitrogens with one attached hydrogen (secondary N) is 1. The Kier molecular flexibility index (Phi) is 11.3. The molecule has 0 saturated carbocycles. The summed E-state index contributed by atoms with van der Waals surface area (Å²) >= 11 is 0. The Morgan fingerprint density at radius 3 is 2.52 bits per heavy atom. The van der Waals surface area contributed by atoms with Crippen LogP contribution in [0.1, 0.15) is 25.3 Å². The molecule has 0 spiro atoms. The van der Waals surface area contributed by atoms with Gasteiger partial charge in [0.05, 0.1) is 6.54 Å². The predicted octanol–water partition coefficient (Wildman–Crippen LogP) is 2.48. The maximum absolute atomic E-state index is 5.88. The van der Waals surface area contributed by atoms with Crippen LogP contribution in [0.3, 0.4) is 0 Å². The fraction of sp³-hybridized carbons (Fsp3) is 0.562. The molecule has 0 saturated heterocycles. The fourth-order valence-electron chi connectivity index (χ4n) is 1.95. The first-order valence-electron chi connectivity index (χ1n) is 7.37. The van der Waals surface area contributed by atoms with E-state index in [4.69, 9.17) is 5.73 Å². The third-order valence-electron chi connectivity index (χ3n) is 3.35. The Hall–Kier alpha value is -0.820. The molecule has 0 aliphatic heterocycles. The van der Waals surface area contributed by atoms with Crippen LogP contribution >= 0.6 is 24.0 Å².